The fourth-order valence-electron chi connectivity index (χ4n) is 2.91. The van der Waals surface area contributed by atoms with Crippen molar-refractivity contribution in [2.45, 2.75) is 25.2 Å². The number of ketones is 1. The van der Waals surface area contributed by atoms with Crippen LogP contribution in [0.25, 0.3) is 0 Å². The number of hydrogen-bond donors (Lipinski definition) is 1. The minimum atomic E-state index is -0.618. The number of benzene rings is 1. The van der Waals surface area contributed by atoms with Crippen LogP contribution in [-0.4, -0.2) is 5.78 Å². The second-order valence-corrected chi connectivity index (χ2v) is 5.97. The van der Waals surface area contributed by atoms with Gasteiger partial charge >= 0.3 is 0 Å². The summed E-state index contributed by atoms with van der Waals surface area (Å²) >= 11 is 12.4. The molecular weight excluding hydrogens is 323 g/mol. The summed E-state index contributed by atoms with van der Waals surface area (Å²) in [4.78, 5) is 12.4. The lowest BCUT2D eigenvalue weighted by atomic mass is 9.77. The fraction of sp³-hybridized carbons (Fsp3) is 0.250. The van der Waals surface area contributed by atoms with E-state index in [1.54, 1.807) is 18.2 Å². The molecule has 0 radical (unpaired) electrons. The zero-order valence-electron chi connectivity index (χ0n) is 11.5. The van der Waals surface area contributed by atoms with Crippen molar-refractivity contribution in [3.8, 4) is 6.07 Å². The van der Waals surface area contributed by atoms with Gasteiger partial charge in [0, 0.05) is 18.4 Å². The maximum atomic E-state index is 12.4. The number of nitrogens with zero attached hydrogens (tertiary/aromatic N) is 1. The van der Waals surface area contributed by atoms with E-state index in [0.717, 1.165) is 0 Å². The number of nitrogens with two attached hydrogens (primary N) is 1. The van der Waals surface area contributed by atoms with E-state index in [2.05, 4.69) is 0 Å². The molecule has 2 aliphatic rings. The second kappa shape index (κ2) is 5.68. The summed E-state index contributed by atoms with van der Waals surface area (Å²) in [5.41, 5.74) is 7.13. The third-order valence-electron chi connectivity index (χ3n) is 3.90. The van der Waals surface area contributed by atoms with E-state index >= 15 is 0 Å². The fourth-order valence-corrected chi connectivity index (χ4v) is 3.33. The molecular formula is C16H12Cl2N2O2. The predicted octanol–water partition coefficient (Wildman–Crippen LogP) is 3.81. The van der Waals surface area contributed by atoms with Crippen molar-refractivity contribution >= 4 is 29.0 Å². The highest BCUT2D eigenvalue weighted by Crippen LogP contribution is 2.46. The van der Waals surface area contributed by atoms with E-state index in [4.69, 9.17) is 33.7 Å². The molecule has 2 N–H and O–H groups in total. The average molecular weight is 335 g/mol. The van der Waals surface area contributed by atoms with Crippen LogP contribution in [0.3, 0.4) is 0 Å². The normalized spacial score (nSPS) is 21.3. The maximum absolute atomic E-state index is 12.4. The van der Waals surface area contributed by atoms with E-state index in [0.29, 0.717) is 46.2 Å². The zero-order chi connectivity index (χ0) is 15.9. The van der Waals surface area contributed by atoms with Crippen molar-refractivity contribution in [2.75, 3.05) is 0 Å². The molecule has 0 fully saturated rings. The summed E-state index contributed by atoms with van der Waals surface area (Å²) in [6.07, 6.45) is 1.76. The Bertz CT molecular complexity index is 775. The molecule has 1 unspecified atom stereocenters. The van der Waals surface area contributed by atoms with Gasteiger partial charge in [-0.2, -0.15) is 5.26 Å². The number of Topliss-reactive ketones (excluding diaryl/α,β-unsaturated/α-hetero) is 1. The van der Waals surface area contributed by atoms with Crippen molar-refractivity contribution < 1.29 is 9.53 Å². The Kier molecular flexibility index (Phi) is 3.86. The summed E-state index contributed by atoms with van der Waals surface area (Å²) in [5.74, 6) is -0.0962. The number of carbonyl (C=O) groups is 1. The van der Waals surface area contributed by atoms with E-state index in [9.17, 15) is 10.1 Å². The Morgan fingerprint density at radius 3 is 2.82 bits per heavy atom. The summed E-state index contributed by atoms with van der Waals surface area (Å²) in [6, 6.07) is 7.19. The average Bonchev–Trinajstić information content (AvgIpc) is 2.49. The zero-order valence-corrected chi connectivity index (χ0v) is 13.0. The number of halogens is 2. The third-order valence-corrected chi connectivity index (χ3v) is 4.73. The van der Waals surface area contributed by atoms with Crippen molar-refractivity contribution in [3.63, 3.8) is 0 Å². The number of hydrogen-bond acceptors (Lipinski definition) is 4. The molecule has 1 atom stereocenters. The van der Waals surface area contributed by atoms with Gasteiger partial charge < -0.3 is 10.5 Å². The molecule has 3 rings (SSSR count). The van der Waals surface area contributed by atoms with Gasteiger partial charge in [0.2, 0.25) is 5.88 Å². The van der Waals surface area contributed by atoms with Gasteiger partial charge in [-0.05, 0) is 18.1 Å². The molecule has 4 nitrogen and oxygen atoms in total. The Morgan fingerprint density at radius 2 is 2.09 bits per heavy atom. The molecule has 1 aliphatic carbocycles. The van der Waals surface area contributed by atoms with E-state index in [1.165, 1.54) is 0 Å². The third kappa shape index (κ3) is 2.27. The van der Waals surface area contributed by atoms with Gasteiger partial charge in [-0.3, -0.25) is 4.79 Å². The molecule has 0 amide bonds. The second-order valence-electron chi connectivity index (χ2n) is 5.18. The van der Waals surface area contributed by atoms with E-state index < -0.39 is 5.92 Å². The minimum Gasteiger partial charge on any atom is -0.444 e. The Hall–Kier alpha value is -1.96. The van der Waals surface area contributed by atoms with Crippen LogP contribution in [0.1, 0.15) is 30.7 Å². The monoisotopic (exact) mass is 334 g/mol. The van der Waals surface area contributed by atoms with Gasteiger partial charge in [-0.25, -0.2) is 0 Å². The smallest absolute Gasteiger partial charge is 0.205 e. The van der Waals surface area contributed by atoms with Gasteiger partial charge in [0.15, 0.2) is 5.78 Å². The van der Waals surface area contributed by atoms with E-state index in [1.807, 2.05) is 6.07 Å². The molecule has 0 aromatic heterocycles. The summed E-state index contributed by atoms with van der Waals surface area (Å²) in [5, 5.41) is 10.1. The summed E-state index contributed by atoms with van der Waals surface area (Å²) in [6.45, 7) is 0. The minimum absolute atomic E-state index is 0.0250. The molecule has 1 aliphatic heterocycles. The van der Waals surface area contributed by atoms with Crippen molar-refractivity contribution in [3.05, 3.63) is 56.6 Å². The van der Waals surface area contributed by atoms with Gasteiger partial charge in [0.1, 0.15) is 17.4 Å². The first-order chi connectivity index (χ1) is 10.5. The van der Waals surface area contributed by atoms with E-state index in [-0.39, 0.29) is 17.2 Å². The van der Waals surface area contributed by atoms with Crippen LogP contribution in [0.5, 0.6) is 0 Å². The van der Waals surface area contributed by atoms with Crippen LogP contribution in [0.4, 0.5) is 0 Å². The first-order valence-electron chi connectivity index (χ1n) is 6.82. The van der Waals surface area contributed by atoms with Gasteiger partial charge in [0.05, 0.1) is 16.0 Å². The van der Waals surface area contributed by atoms with Crippen LogP contribution in [-0.2, 0) is 9.53 Å². The topological polar surface area (TPSA) is 76.1 Å². The van der Waals surface area contributed by atoms with Crippen LogP contribution < -0.4 is 5.73 Å². The Labute approximate surface area is 137 Å². The molecule has 0 saturated heterocycles. The van der Waals surface area contributed by atoms with Crippen LogP contribution in [0, 0.1) is 11.3 Å². The highest BCUT2D eigenvalue weighted by atomic mass is 35.5. The van der Waals surface area contributed by atoms with Crippen molar-refractivity contribution in [2.24, 2.45) is 5.73 Å². The molecule has 1 heterocycles. The lowest BCUT2D eigenvalue weighted by Crippen LogP contribution is -2.27. The van der Waals surface area contributed by atoms with Gasteiger partial charge in [0.25, 0.3) is 0 Å². The standard InChI is InChI=1S/C16H12Cl2N2O2/c17-10-4-1-3-8(15(10)18)13-9(7-19)16(20)22-12-6-2-5-11(21)14(12)13/h1,3-4,13H,2,5-6,20H2. The number of allylic oxidation sites excluding steroid dienone is 3. The number of ether oxygens (including phenoxy) is 1. The molecule has 0 spiro atoms. The SMILES string of the molecule is N#CC1=C(N)OC2=C(C(=O)CCC2)C1c1cccc(Cl)c1Cl. The highest BCUT2D eigenvalue weighted by molar-refractivity contribution is 6.42. The summed E-state index contributed by atoms with van der Waals surface area (Å²) < 4.78 is 5.50. The first kappa shape index (κ1) is 15.0. The van der Waals surface area contributed by atoms with Gasteiger partial charge in [-0.15, -0.1) is 0 Å². The van der Waals surface area contributed by atoms with Gasteiger partial charge in [-0.1, -0.05) is 35.3 Å². The quantitative estimate of drug-likeness (QED) is 0.847. The first-order valence-corrected chi connectivity index (χ1v) is 7.58. The van der Waals surface area contributed by atoms with Crippen LogP contribution >= 0.6 is 23.2 Å². The lowest BCUT2D eigenvalue weighted by molar-refractivity contribution is -0.116. The molecule has 0 saturated carbocycles. The molecule has 6 heteroatoms. The Balaban J connectivity index is 2.25. The maximum Gasteiger partial charge on any atom is 0.205 e. The summed E-state index contributed by atoms with van der Waals surface area (Å²) in [7, 11) is 0. The van der Waals surface area contributed by atoms with Crippen LogP contribution in [0.2, 0.25) is 10.0 Å². The van der Waals surface area contributed by atoms with Crippen molar-refractivity contribution in [1.29, 1.82) is 5.26 Å². The highest BCUT2D eigenvalue weighted by Gasteiger charge is 2.38. The Morgan fingerprint density at radius 1 is 1.32 bits per heavy atom. The lowest BCUT2D eigenvalue weighted by Gasteiger charge is -2.31. The number of nitriles is 1. The molecule has 0 bridgehead atoms. The number of carbonyl (C=O) groups excluding carboxylic acids is 1. The predicted molar refractivity (Wildman–Crippen MR) is 83.0 cm³/mol. The molecule has 112 valence electrons. The number of rotatable bonds is 1. The van der Waals surface area contributed by atoms with Crippen molar-refractivity contribution in [1.82, 2.24) is 0 Å². The van der Waals surface area contributed by atoms with Crippen LogP contribution in [0.15, 0.2) is 41.0 Å². The molecule has 1 aromatic carbocycles. The molecule has 22 heavy (non-hydrogen) atoms. The largest absolute Gasteiger partial charge is 0.444 e. The molecule has 1 aromatic rings.